The largest absolute Gasteiger partial charge is 0.409 e. The van der Waals surface area contributed by atoms with Crippen molar-refractivity contribution in [3.8, 4) is 0 Å². The maximum absolute atomic E-state index is 10.2. The number of nitrogens with one attached hydrogen (secondary N) is 1. The van der Waals surface area contributed by atoms with Gasteiger partial charge < -0.3 is 15.6 Å². The van der Waals surface area contributed by atoms with Crippen LogP contribution in [0.15, 0.2) is 41.2 Å². The number of aliphatic hydroxyl groups excluding tert-OH is 1. The van der Waals surface area contributed by atoms with E-state index in [1.54, 1.807) is 0 Å². The number of fused-ring (bicyclic) bond motifs is 3. The molecule has 0 amide bonds. The zero-order valence-electron chi connectivity index (χ0n) is 9.45. The zero-order chi connectivity index (χ0) is 11.8. The van der Waals surface area contributed by atoms with Crippen LogP contribution < -0.4 is 5.32 Å². The fraction of sp³-hybridized carbons (Fsp3) is 0.462. The second-order valence-corrected chi connectivity index (χ2v) is 4.81. The Morgan fingerprint density at radius 1 is 1.29 bits per heavy atom. The van der Waals surface area contributed by atoms with E-state index in [1.165, 1.54) is 0 Å². The predicted molar refractivity (Wildman–Crippen MR) is 64.4 cm³/mol. The van der Waals surface area contributed by atoms with Gasteiger partial charge in [0.1, 0.15) is 0 Å². The number of piperidine rings is 1. The topological polar surface area (TPSA) is 64.9 Å². The number of rotatable bonds is 0. The molecule has 0 aromatic heterocycles. The summed E-state index contributed by atoms with van der Waals surface area (Å²) in [6.45, 7) is 0. The minimum absolute atomic E-state index is 0.0416. The lowest BCUT2D eigenvalue weighted by molar-refractivity contribution is 0.0768. The molecule has 1 saturated heterocycles. The molecule has 4 unspecified atom stereocenters. The molecular formula is C13H16N2O2. The van der Waals surface area contributed by atoms with Gasteiger partial charge in [0.2, 0.25) is 0 Å². The number of oxime groups is 1. The molecule has 4 nitrogen and oxygen atoms in total. The molecule has 4 heteroatoms. The standard InChI is InChI=1S/C13H16N2O2/c16-11-7-3-6-10-12(11)8-4-1-2-5-9(8)13(14-10)15-17/h1-2,4-6,8-9,11-12,16-17H,3,7H2,(H,14,15). The van der Waals surface area contributed by atoms with Crippen LogP contribution in [0.3, 0.4) is 0 Å². The summed E-state index contributed by atoms with van der Waals surface area (Å²) < 4.78 is 0. The van der Waals surface area contributed by atoms with Crippen molar-refractivity contribution in [1.29, 1.82) is 0 Å². The van der Waals surface area contributed by atoms with Crippen LogP contribution in [0.25, 0.3) is 0 Å². The average Bonchev–Trinajstić information content (AvgIpc) is 2.37. The van der Waals surface area contributed by atoms with Gasteiger partial charge in [-0.2, -0.15) is 0 Å². The van der Waals surface area contributed by atoms with Gasteiger partial charge in [-0.1, -0.05) is 35.5 Å². The lowest BCUT2D eigenvalue weighted by Crippen LogP contribution is -2.50. The highest BCUT2D eigenvalue weighted by Crippen LogP contribution is 2.40. The molecule has 4 atom stereocenters. The molecular weight excluding hydrogens is 216 g/mol. The Balaban J connectivity index is 2.02. The zero-order valence-corrected chi connectivity index (χ0v) is 9.45. The molecule has 1 heterocycles. The maximum Gasteiger partial charge on any atom is 0.153 e. The Morgan fingerprint density at radius 3 is 2.94 bits per heavy atom. The van der Waals surface area contributed by atoms with Crippen molar-refractivity contribution in [2.45, 2.75) is 18.9 Å². The quantitative estimate of drug-likeness (QED) is 0.437. The Labute approximate surface area is 100 Å². The predicted octanol–water partition coefficient (Wildman–Crippen LogP) is 1.39. The van der Waals surface area contributed by atoms with Crippen LogP contribution in [-0.4, -0.2) is 22.3 Å². The first kappa shape index (κ1) is 10.6. The fourth-order valence-corrected chi connectivity index (χ4v) is 3.09. The summed E-state index contributed by atoms with van der Waals surface area (Å²) in [5.41, 5.74) is 0.998. The SMILES string of the molecule is ON=C1NC2=CCCC(O)C2C2C=CC=CC12. The minimum Gasteiger partial charge on any atom is -0.409 e. The molecule has 0 saturated carbocycles. The fourth-order valence-electron chi connectivity index (χ4n) is 3.09. The lowest BCUT2D eigenvalue weighted by Gasteiger charge is -2.43. The van der Waals surface area contributed by atoms with Gasteiger partial charge in [0.25, 0.3) is 0 Å². The molecule has 1 fully saturated rings. The highest BCUT2D eigenvalue weighted by molar-refractivity contribution is 5.89. The second-order valence-electron chi connectivity index (χ2n) is 4.81. The van der Waals surface area contributed by atoms with Crippen molar-refractivity contribution < 1.29 is 10.3 Å². The second kappa shape index (κ2) is 4.04. The Hall–Kier alpha value is -1.55. The smallest absolute Gasteiger partial charge is 0.153 e. The van der Waals surface area contributed by atoms with Crippen LogP contribution in [0, 0.1) is 17.8 Å². The van der Waals surface area contributed by atoms with Crippen molar-refractivity contribution in [1.82, 2.24) is 5.32 Å². The molecule has 0 aromatic rings. The summed E-state index contributed by atoms with van der Waals surface area (Å²) >= 11 is 0. The summed E-state index contributed by atoms with van der Waals surface area (Å²) in [5, 5.41) is 25.7. The van der Waals surface area contributed by atoms with E-state index in [1.807, 2.05) is 18.2 Å². The van der Waals surface area contributed by atoms with Crippen molar-refractivity contribution in [2.24, 2.45) is 22.9 Å². The first-order valence-corrected chi connectivity index (χ1v) is 6.03. The van der Waals surface area contributed by atoms with Crippen LogP contribution in [0.5, 0.6) is 0 Å². The molecule has 0 radical (unpaired) electrons. The number of aliphatic hydroxyl groups is 1. The molecule has 90 valence electrons. The summed E-state index contributed by atoms with van der Waals surface area (Å²) in [5.74, 6) is 0.904. The van der Waals surface area contributed by atoms with Gasteiger partial charge in [-0.05, 0) is 12.8 Å². The van der Waals surface area contributed by atoms with Crippen molar-refractivity contribution in [2.75, 3.05) is 0 Å². The third-order valence-electron chi connectivity index (χ3n) is 3.89. The van der Waals surface area contributed by atoms with Crippen LogP contribution in [-0.2, 0) is 0 Å². The number of allylic oxidation sites excluding steroid dienone is 4. The van der Waals surface area contributed by atoms with E-state index in [2.05, 4.69) is 22.6 Å². The van der Waals surface area contributed by atoms with Gasteiger partial charge in [0.15, 0.2) is 5.84 Å². The van der Waals surface area contributed by atoms with E-state index in [-0.39, 0.29) is 23.9 Å². The normalized spacial score (nSPS) is 41.5. The molecule has 0 bridgehead atoms. The average molecular weight is 232 g/mol. The first-order valence-electron chi connectivity index (χ1n) is 6.03. The number of hydrogen-bond donors (Lipinski definition) is 3. The number of amidine groups is 1. The van der Waals surface area contributed by atoms with E-state index in [4.69, 9.17) is 5.21 Å². The third kappa shape index (κ3) is 1.60. The highest BCUT2D eigenvalue weighted by Gasteiger charge is 2.42. The van der Waals surface area contributed by atoms with Crippen molar-refractivity contribution in [3.63, 3.8) is 0 Å². The maximum atomic E-state index is 10.2. The van der Waals surface area contributed by atoms with E-state index < -0.39 is 0 Å². The molecule has 2 aliphatic carbocycles. The van der Waals surface area contributed by atoms with Crippen LogP contribution in [0.2, 0.25) is 0 Å². The highest BCUT2D eigenvalue weighted by atomic mass is 16.4. The molecule has 3 aliphatic rings. The molecule has 3 rings (SSSR count). The molecule has 1 aliphatic heterocycles. The van der Waals surface area contributed by atoms with Crippen LogP contribution >= 0.6 is 0 Å². The van der Waals surface area contributed by atoms with Crippen molar-refractivity contribution >= 4 is 5.84 Å². The number of hydrogen-bond acceptors (Lipinski definition) is 3. The van der Waals surface area contributed by atoms with E-state index in [0.717, 1.165) is 18.5 Å². The Bertz CT molecular complexity index is 437. The molecule has 0 spiro atoms. The minimum atomic E-state index is -0.314. The molecule has 0 aromatic carbocycles. The lowest BCUT2D eigenvalue weighted by atomic mass is 9.69. The summed E-state index contributed by atoms with van der Waals surface area (Å²) in [4.78, 5) is 0. The molecule has 17 heavy (non-hydrogen) atoms. The number of nitrogens with zero attached hydrogens (tertiary/aromatic N) is 1. The van der Waals surface area contributed by atoms with Gasteiger partial charge in [-0.3, -0.25) is 0 Å². The Kier molecular flexibility index (Phi) is 2.52. The van der Waals surface area contributed by atoms with Crippen LogP contribution in [0.1, 0.15) is 12.8 Å². The van der Waals surface area contributed by atoms with E-state index in [0.29, 0.717) is 5.84 Å². The summed E-state index contributed by atoms with van der Waals surface area (Å²) in [7, 11) is 0. The van der Waals surface area contributed by atoms with Gasteiger partial charge in [0.05, 0.1) is 6.10 Å². The summed E-state index contributed by atoms with van der Waals surface area (Å²) in [6, 6.07) is 0. The van der Waals surface area contributed by atoms with Gasteiger partial charge in [0, 0.05) is 23.5 Å². The van der Waals surface area contributed by atoms with E-state index in [9.17, 15) is 5.11 Å². The summed E-state index contributed by atoms with van der Waals surface area (Å²) in [6.07, 6.45) is 11.5. The van der Waals surface area contributed by atoms with E-state index >= 15 is 0 Å². The van der Waals surface area contributed by atoms with Crippen LogP contribution in [0.4, 0.5) is 0 Å². The Morgan fingerprint density at radius 2 is 2.12 bits per heavy atom. The van der Waals surface area contributed by atoms with Gasteiger partial charge >= 0.3 is 0 Å². The first-order chi connectivity index (χ1) is 8.31. The van der Waals surface area contributed by atoms with Gasteiger partial charge in [-0.25, -0.2) is 0 Å². The molecule has 3 N–H and O–H groups in total. The van der Waals surface area contributed by atoms with Gasteiger partial charge in [-0.15, -0.1) is 0 Å². The third-order valence-corrected chi connectivity index (χ3v) is 3.89. The monoisotopic (exact) mass is 232 g/mol. The van der Waals surface area contributed by atoms with Crippen molar-refractivity contribution in [3.05, 3.63) is 36.1 Å².